The molecule has 1 amide bonds. The number of nitrogens with zero attached hydrogens (tertiary/aromatic N) is 1. The highest BCUT2D eigenvalue weighted by molar-refractivity contribution is 6.32. The molecule has 2 heterocycles. The molecule has 2 aliphatic rings. The van der Waals surface area contributed by atoms with E-state index in [-0.39, 0.29) is 18.1 Å². The van der Waals surface area contributed by atoms with Crippen LogP contribution in [0, 0.1) is 0 Å². The van der Waals surface area contributed by atoms with Gasteiger partial charge in [0, 0.05) is 13.1 Å². The van der Waals surface area contributed by atoms with Crippen molar-refractivity contribution in [1.29, 1.82) is 0 Å². The molecule has 2 aliphatic heterocycles. The molecule has 1 N–H and O–H groups in total. The van der Waals surface area contributed by atoms with Crippen LogP contribution in [-0.4, -0.2) is 63.4 Å². The number of fused-ring (bicyclic) bond motifs is 1. The molecule has 1 fully saturated rings. The number of likely N-dealkylation sites (N-methyl/N-ethyl adjacent to an activating group) is 1. The van der Waals surface area contributed by atoms with Crippen molar-refractivity contribution in [2.75, 3.05) is 40.4 Å². The summed E-state index contributed by atoms with van der Waals surface area (Å²) < 4.78 is 16.9. The van der Waals surface area contributed by atoms with Crippen molar-refractivity contribution >= 4 is 17.5 Å². The molecular weight excluding hydrogens is 344 g/mol. The first-order valence-corrected chi connectivity index (χ1v) is 9.06. The Morgan fingerprint density at radius 1 is 1.28 bits per heavy atom. The maximum atomic E-state index is 12.2. The SMILES string of the molecule is CN(C)C[C@@H]1CC[C@@H](C(=O)NCCc2cc(Cl)c3c(c2)OCCO3)O1. The van der Waals surface area contributed by atoms with Gasteiger partial charge in [-0.2, -0.15) is 0 Å². The Bertz CT molecular complexity index is 623. The number of hydrogen-bond donors (Lipinski definition) is 1. The zero-order chi connectivity index (χ0) is 17.8. The standard InChI is InChI=1S/C18H25ClN2O4/c1-21(2)11-13-3-4-15(25-13)18(22)20-6-5-12-9-14(19)17-16(10-12)23-7-8-24-17/h9-10,13,15H,3-8,11H2,1-2H3,(H,20,22)/t13-,15-/m0/s1. The maximum Gasteiger partial charge on any atom is 0.249 e. The van der Waals surface area contributed by atoms with Gasteiger partial charge in [-0.05, 0) is 51.1 Å². The minimum atomic E-state index is -0.339. The van der Waals surface area contributed by atoms with Crippen LogP contribution in [0.3, 0.4) is 0 Å². The van der Waals surface area contributed by atoms with E-state index in [2.05, 4.69) is 10.2 Å². The van der Waals surface area contributed by atoms with Crippen LogP contribution in [0.2, 0.25) is 5.02 Å². The number of carbonyl (C=O) groups is 1. The molecule has 7 heteroatoms. The van der Waals surface area contributed by atoms with Gasteiger partial charge in [-0.15, -0.1) is 0 Å². The highest BCUT2D eigenvalue weighted by atomic mass is 35.5. The van der Waals surface area contributed by atoms with Crippen LogP contribution in [0.4, 0.5) is 0 Å². The van der Waals surface area contributed by atoms with Gasteiger partial charge in [0.2, 0.25) is 5.91 Å². The summed E-state index contributed by atoms with van der Waals surface area (Å²) in [7, 11) is 4.02. The zero-order valence-corrected chi connectivity index (χ0v) is 15.5. The Morgan fingerprint density at radius 3 is 2.88 bits per heavy atom. The summed E-state index contributed by atoms with van der Waals surface area (Å²) in [6.45, 7) is 2.42. The summed E-state index contributed by atoms with van der Waals surface area (Å²) in [6.07, 6.45) is 2.18. The molecule has 0 saturated carbocycles. The highest BCUT2D eigenvalue weighted by Gasteiger charge is 2.30. The molecule has 138 valence electrons. The lowest BCUT2D eigenvalue weighted by Gasteiger charge is -2.20. The third-order valence-electron chi connectivity index (χ3n) is 4.34. The van der Waals surface area contributed by atoms with Crippen molar-refractivity contribution in [3.05, 3.63) is 22.7 Å². The fourth-order valence-electron chi connectivity index (χ4n) is 3.19. The maximum absolute atomic E-state index is 12.2. The second-order valence-electron chi connectivity index (χ2n) is 6.73. The average molecular weight is 369 g/mol. The lowest BCUT2D eigenvalue weighted by molar-refractivity contribution is -0.132. The molecule has 1 aromatic carbocycles. The Balaban J connectivity index is 1.47. The minimum absolute atomic E-state index is 0.0371. The summed E-state index contributed by atoms with van der Waals surface area (Å²) in [5.41, 5.74) is 1.01. The van der Waals surface area contributed by atoms with Crippen LogP contribution in [0.25, 0.3) is 0 Å². The molecule has 6 nitrogen and oxygen atoms in total. The van der Waals surface area contributed by atoms with Crippen LogP contribution in [0.15, 0.2) is 12.1 Å². The van der Waals surface area contributed by atoms with Gasteiger partial charge in [-0.3, -0.25) is 4.79 Å². The Morgan fingerprint density at radius 2 is 2.08 bits per heavy atom. The van der Waals surface area contributed by atoms with Crippen molar-refractivity contribution < 1.29 is 19.0 Å². The van der Waals surface area contributed by atoms with Crippen molar-refractivity contribution in [3.8, 4) is 11.5 Å². The molecule has 0 unspecified atom stereocenters. The van der Waals surface area contributed by atoms with Crippen molar-refractivity contribution in [3.63, 3.8) is 0 Å². The minimum Gasteiger partial charge on any atom is -0.486 e. The lowest BCUT2D eigenvalue weighted by Crippen LogP contribution is -2.36. The van der Waals surface area contributed by atoms with E-state index in [9.17, 15) is 4.79 Å². The van der Waals surface area contributed by atoms with Gasteiger partial charge in [0.25, 0.3) is 0 Å². The van der Waals surface area contributed by atoms with Gasteiger partial charge in [0.15, 0.2) is 11.5 Å². The summed E-state index contributed by atoms with van der Waals surface area (Å²) in [6, 6.07) is 3.78. The largest absolute Gasteiger partial charge is 0.486 e. The first kappa shape index (κ1) is 18.3. The lowest BCUT2D eigenvalue weighted by atomic mass is 10.1. The number of nitrogens with one attached hydrogen (secondary N) is 1. The van der Waals surface area contributed by atoms with E-state index in [0.717, 1.165) is 24.9 Å². The predicted octanol–water partition coefficient (Wildman–Crippen LogP) is 1.88. The smallest absolute Gasteiger partial charge is 0.249 e. The summed E-state index contributed by atoms with van der Waals surface area (Å²) in [5, 5.41) is 3.50. The number of halogens is 1. The summed E-state index contributed by atoms with van der Waals surface area (Å²) in [5.74, 6) is 1.24. The van der Waals surface area contributed by atoms with Gasteiger partial charge in [0.1, 0.15) is 19.3 Å². The van der Waals surface area contributed by atoms with E-state index in [0.29, 0.717) is 42.7 Å². The zero-order valence-electron chi connectivity index (χ0n) is 14.7. The van der Waals surface area contributed by atoms with Crippen molar-refractivity contribution in [2.45, 2.75) is 31.5 Å². The van der Waals surface area contributed by atoms with Gasteiger partial charge < -0.3 is 24.4 Å². The first-order chi connectivity index (χ1) is 12.0. The fraction of sp³-hybridized carbons (Fsp3) is 0.611. The number of carbonyl (C=O) groups excluding carboxylic acids is 1. The van der Waals surface area contributed by atoms with E-state index in [1.54, 1.807) is 0 Å². The van der Waals surface area contributed by atoms with Crippen LogP contribution in [0.5, 0.6) is 11.5 Å². The molecule has 0 bridgehead atoms. The van der Waals surface area contributed by atoms with Crippen LogP contribution in [-0.2, 0) is 16.0 Å². The fourth-order valence-corrected chi connectivity index (χ4v) is 3.48. The first-order valence-electron chi connectivity index (χ1n) is 8.69. The molecule has 2 atom stereocenters. The van der Waals surface area contributed by atoms with Gasteiger partial charge >= 0.3 is 0 Å². The highest BCUT2D eigenvalue weighted by Crippen LogP contribution is 2.38. The van der Waals surface area contributed by atoms with Crippen LogP contribution < -0.4 is 14.8 Å². The second kappa shape index (κ2) is 8.25. The molecule has 1 aromatic rings. The van der Waals surface area contributed by atoms with E-state index in [4.69, 9.17) is 25.8 Å². The third-order valence-corrected chi connectivity index (χ3v) is 4.62. The topological polar surface area (TPSA) is 60.0 Å². The van der Waals surface area contributed by atoms with E-state index < -0.39 is 0 Å². The molecule has 0 radical (unpaired) electrons. The number of benzene rings is 1. The van der Waals surface area contributed by atoms with Crippen LogP contribution >= 0.6 is 11.6 Å². The quantitative estimate of drug-likeness (QED) is 0.830. The monoisotopic (exact) mass is 368 g/mol. The van der Waals surface area contributed by atoms with Crippen molar-refractivity contribution in [1.82, 2.24) is 10.2 Å². The third kappa shape index (κ3) is 4.77. The van der Waals surface area contributed by atoms with E-state index >= 15 is 0 Å². The van der Waals surface area contributed by atoms with Gasteiger partial charge in [0.05, 0.1) is 11.1 Å². The predicted molar refractivity (Wildman–Crippen MR) is 95.6 cm³/mol. The number of amides is 1. The summed E-state index contributed by atoms with van der Waals surface area (Å²) in [4.78, 5) is 14.3. The Labute approximate surface area is 153 Å². The summed E-state index contributed by atoms with van der Waals surface area (Å²) >= 11 is 6.23. The molecule has 0 aromatic heterocycles. The Kier molecular flexibility index (Phi) is 6.04. The number of hydrogen-bond acceptors (Lipinski definition) is 5. The number of rotatable bonds is 6. The normalized spacial score (nSPS) is 22.2. The van der Waals surface area contributed by atoms with E-state index in [1.807, 2.05) is 26.2 Å². The van der Waals surface area contributed by atoms with Gasteiger partial charge in [-0.1, -0.05) is 11.6 Å². The molecule has 0 aliphatic carbocycles. The molecule has 0 spiro atoms. The Hall–Kier alpha value is -1.50. The average Bonchev–Trinajstić information content (AvgIpc) is 3.02. The molecule has 25 heavy (non-hydrogen) atoms. The molecular formula is C18H25ClN2O4. The molecule has 3 rings (SSSR count). The number of ether oxygens (including phenoxy) is 3. The van der Waals surface area contributed by atoms with Crippen molar-refractivity contribution in [2.24, 2.45) is 0 Å². The van der Waals surface area contributed by atoms with E-state index in [1.165, 1.54) is 0 Å². The van der Waals surface area contributed by atoms with Crippen LogP contribution in [0.1, 0.15) is 18.4 Å². The second-order valence-corrected chi connectivity index (χ2v) is 7.14. The molecule has 1 saturated heterocycles. The van der Waals surface area contributed by atoms with Gasteiger partial charge in [-0.25, -0.2) is 0 Å².